The first-order chi connectivity index (χ1) is 17.3. The summed E-state index contributed by atoms with van der Waals surface area (Å²) in [4.78, 5) is 29.7. The molecule has 1 aliphatic heterocycles. The van der Waals surface area contributed by atoms with Crippen molar-refractivity contribution in [3.63, 3.8) is 0 Å². The van der Waals surface area contributed by atoms with E-state index < -0.39 is 0 Å². The van der Waals surface area contributed by atoms with Gasteiger partial charge in [-0.05, 0) is 79.2 Å². The molecule has 0 saturated carbocycles. The summed E-state index contributed by atoms with van der Waals surface area (Å²) in [6.45, 7) is 3.69. The molecule has 7 nitrogen and oxygen atoms in total. The molecule has 1 fully saturated rings. The Labute approximate surface area is 218 Å². The highest BCUT2D eigenvalue weighted by Gasteiger charge is 2.24. The van der Waals surface area contributed by atoms with Gasteiger partial charge in [-0.25, -0.2) is 4.99 Å². The second kappa shape index (κ2) is 11.3. The maximum absolute atomic E-state index is 12.5. The van der Waals surface area contributed by atoms with Gasteiger partial charge in [0.2, 0.25) is 0 Å². The fourth-order valence-corrected chi connectivity index (χ4v) is 4.50. The lowest BCUT2D eigenvalue weighted by molar-refractivity contribution is -0.118. The third kappa shape index (κ3) is 6.47. The molecule has 2 amide bonds. The van der Waals surface area contributed by atoms with Crippen LogP contribution in [-0.2, 0) is 9.59 Å². The van der Waals surface area contributed by atoms with Crippen molar-refractivity contribution in [3.05, 3.63) is 87.3 Å². The highest BCUT2D eigenvalue weighted by atomic mass is 35.5. The number of halogens is 1. The van der Waals surface area contributed by atoms with E-state index in [1.165, 1.54) is 18.9 Å². The second-order valence-electron chi connectivity index (χ2n) is 8.06. The quantitative estimate of drug-likeness (QED) is 0.379. The normalized spacial score (nSPS) is 15.2. The fraction of sp³-hybridized carbons (Fsp3) is 0.148. The Bertz CT molecular complexity index is 1370. The fourth-order valence-electron chi connectivity index (χ4n) is 3.39. The van der Waals surface area contributed by atoms with E-state index in [9.17, 15) is 9.59 Å². The van der Waals surface area contributed by atoms with Gasteiger partial charge in [0.05, 0.1) is 22.7 Å². The molecule has 3 aromatic carbocycles. The predicted molar refractivity (Wildman–Crippen MR) is 145 cm³/mol. The molecule has 0 bridgehead atoms. The van der Waals surface area contributed by atoms with Crippen LogP contribution >= 0.6 is 23.4 Å². The van der Waals surface area contributed by atoms with E-state index in [0.717, 1.165) is 16.8 Å². The smallest absolute Gasteiger partial charge is 0.264 e. The van der Waals surface area contributed by atoms with Gasteiger partial charge < -0.3 is 20.1 Å². The van der Waals surface area contributed by atoms with Crippen molar-refractivity contribution in [2.75, 3.05) is 19.0 Å². The number of carbonyl (C=O) groups is 2. The lowest BCUT2D eigenvalue weighted by Gasteiger charge is -2.13. The second-order valence-corrected chi connectivity index (χ2v) is 9.50. The number of thioether (sulfide) groups is 1. The van der Waals surface area contributed by atoms with Gasteiger partial charge in [-0.1, -0.05) is 41.4 Å². The summed E-state index contributed by atoms with van der Waals surface area (Å²) in [6.07, 6.45) is 1.69. The van der Waals surface area contributed by atoms with E-state index in [2.05, 4.69) is 15.6 Å². The molecule has 3 aromatic rings. The van der Waals surface area contributed by atoms with E-state index in [0.29, 0.717) is 27.1 Å². The lowest BCUT2D eigenvalue weighted by Crippen LogP contribution is -2.20. The van der Waals surface area contributed by atoms with Crippen molar-refractivity contribution in [1.82, 2.24) is 5.32 Å². The van der Waals surface area contributed by atoms with Gasteiger partial charge in [0.15, 0.2) is 23.3 Å². The summed E-state index contributed by atoms with van der Waals surface area (Å²) >= 11 is 7.69. The summed E-state index contributed by atoms with van der Waals surface area (Å²) in [6, 6.07) is 18.5. The molecule has 0 spiro atoms. The minimum absolute atomic E-state index is 0.242. The van der Waals surface area contributed by atoms with Crippen molar-refractivity contribution in [2.45, 2.75) is 13.8 Å². The van der Waals surface area contributed by atoms with E-state index in [4.69, 9.17) is 21.1 Å². The van der Waals surface area contributed by atoms with Crippen molar-refractivity contribution >= 4 is 57.8 Å². The number of amidine groups is 1. The molecular formula is C27H24ClN3O4S. The van der Waals surface area contributed by atoms with Crippen LogP contribution in [-0.4, -0.2) is 30.7 Å². The molecule has 9 heteroatoms. The van der Waals surface area contributed by atoms with Gasteiger partial charge in [0.25, 0.3) is 11.8 Å². The molecule has 1 aliphatic rings. The highest BCUT2D eigenvalue weighted by Crippen LogP contribution is 2.38. The SMILES string of the molecule is COc1cc(/C=C2\SC(=Nc3ccc(C)cc3)NC2=O)cc(Cl)c1OCC(=O)Nc1cccc(C)c1. The van der Waals surface area contributed by atoms with Crippen molar-refractivity contribution in [3.8, 4) is 11.5 Å². The molecule has 0 aliphatic carbocycles. The first-order valence-corrected chi connectivity index (χ1v) is 12.2. The number of hydrogen-bond donors (Lipinski definition) is 2. The third-order valence-corrected chi connectivity index (χ3v) is 6.31. The largest absolute Gasteiger partial charge is 0.493 e. The van der Waals surface area contributed by atoms with Gasteiger partial charge >= 0.3 is 0 Å². The zero-order valence-electron chi connectivity index (χ0n) is 19.9. The number of carbonyl (C=O) groups excluding carboxylic acids is 2. The minimum atomic E-state index is -0.329. The molecule has 184 valence electrons. The Balaban J connectivity index is 1.46. The van der Waals surface area contributed by atoms with Gasteiger partial charge in [-0.3, -0.25) is 9.59 Å². The molecule has 0 atom stereocenters. The summed E-state index contributed by atoms with van der Waals surface area (Å²) in [7, 11) is 1.48. The molecule has 0 aromatic heterocycles. The van der Waals surface area contributed by atoms with Crippen LogP contribution in [0.1, 0.15) is 16.7 Å². The highest BCUT2D eigenvalue weighted by molar-refractivity contribution is 8.18. The molecule has 1 heterocycles. The van der Waals surface area contributed by atoms with Crippen LogP contribution in [0.2, 0.25) is 5.02 Å². The summed E-state index contributed by atoms with van der Waals surface area (Å²) in [5, 5.41) is 6.30. The number of nitrogens with one attached hydrogen (secondary N) is 2. The summed E-state index contributed by atoms with van der Waals surface area (Å²) in [5.41, 5.74) is 4.24. The Morgan fingerprint density at radius 3 is 2.61 bits per heavy atom. The number of ether oxygens (including phenoxy) is 2. The van der Waals surface area contributed by atoms with Crippen molar-refractivity contribution in [1.29, 1.82) is 0 Å². The topological polar surface area (TPSA) is 89.0 Å². The van der Waals surface area contributed by atoms with E-state index in [1.54, 1.807) is 24.3 Å². The molecule has 1 saturated heterocycles. The van der Waals surface area contributed by atoms with E-state index in [1.807, 2.05) is 56.3 Å². The Morgan fingerprint density at radius 2 is 1.89 bits per heavy atom. The van der Waals surface area contributed by atoms with Crippen molar-refractivity contribution < 1.29 is 19.1 Å². The van der Waals surface area contributed by atoms with Gasteiger partial charge in [0.1, 0.15) is 0 Å². The number of aliphatic imine (C=N–C) groups is 1. The van der Waals surface area contributed by atoms with Gasteiger partial charge in [-0.2, -0.15) is 0 Å². The number of amides is 2. The Kier molecular flexibility index (Phi) is 7.97. The minimum Gasteiger partial charge on any atom is -0.493 e. The molecular weight excluding hydrogens is 498 g/mol. The van der Waals surface area contributed by atoms with Crippen LogP contribution in [0.3, 0.4) is 0 Å². The number of rotatable bonds is 7. The number of hydrogen-bond acceptors (Lipinski definition) is 6. The van der Waals surface area contributed by atoms with E-state index >= 15 is 0 Å². The van der Waals surface area contributed by atoms with Gasteiger partial charge in [-0.15, -0.1) is 0 Å². The van der Waals surface area contributed by atoms with Crippen LogP contribution in [0, 0.1) is 13.8 Å². The molecule has 4 rings (SSSR count). The average molecular weight is 522 g/mol. The number of benzene rings is 3. The third-order valence-electron chi connectivity index (χ3n) is 5.11. The Hall–Kier alpha value is -3.75. The number of nitrogens with zero attached hydrogens (tertiary/aromatic N) is 1. The van der Waals surface area contributed by atoms with Gasteiger partial charge in [0, 0.05) is 5.69 Å². The van der Waals surface area contributed by atoms with Crippen LogP contribution in [0.25, 0.3) is 6.08 Å². The van der Waals surface area contributed by atoms with E-state index in [-0.39, 0.29) is 29.2 Å². The summed E-state index contributed by atoms with van der Waals surface area (Å²) in [5.74, 6) is -0.000976. The molecule has 0 unspecified atom stereocenters. The standard InChI is InChI=1S/C27H24ClN3O4S/c1-16-7-9-19(10-8-16)30-27-31-26(33)23(36-27)14-18-12-21(28)25(22(13-18)34-3)35-15-24(32)29-20-6-4-5-17(2)11-20/h4-14H,15H2,1-3H3,(H,29,32)(H,30,31,33)/b23-14-. The maximum Gasteiger partial charge on any atom is 0.264 e. The van der Waals surface area contributed by atoms with Crippen LogP contribution in [0.5, 0.6) is 11.5 Å². The lowest BCUT2D eigenvalue weighted by atomic mass is 10.2. The number of methoxy groups -OCH3 is 1. The molecule has 36 heavy (non-hydrogen) atoms. The van der Waals surface area contributed by atoms with Crippen LogP contribution < -0.4 is 20.1 Å². The average Bonchev–Trinajstić information content (AvgIpc) is 3.17. The molecule has 0 radical (unpaired) electrons. The van der Waals surface area contributed by atoms with Crippen LogP contribution in [0.4, 0.5) is 11.4 Å². The first kappa shape index (κ1) is 25.3. The number of aryl methyl sites for hydroxylation is 2. The predicted octanol–water partition coefficient (Wildman–Crippen LogP) is 5.87. The number of anilines is 1. The van der Waals surface area contributed by atoms with Crippen molar-refractivity contribution in [2.24, 2.45) is 4.99 Å². The Morgan fingerprint density at radius 1 is 1.11 bits per heavy atom. The zero-order chi connectivity index (χ0) is 25.7. The molecule has 2 N–H and O–H groups in total. The van der Waals surface area contributed by atoms with Crippen LogP contribution in [0.15, 0.2) is 70.6 Å². The maximum atomic E-state index is 12.5. The summed E-state index contributed by atoms with van der Waals surface area (Å²) < 4.78 is 11.1. The zero-order valence-corrected chi connectivity index (χ0v) is 21.5. The monoisotopic (exact) mass is 521 g/mol. The first-order valence-electron chi connectivity index (χ1n) is 11.0.